The van der Waals surface area contributed by atoms with Gasteiger partial charge in [0.1, 0.15) is 13.1 Å². The number of carbonyl (C=O) groups excluding carboxylic acids is 3. The summed E-state index contributed by atoms with van der Waals surface area (Å²) < 4.78 is 4.92. The standard InChI is InChI=1S/C18H22N2O6/c1-4-26-18(25)10-20-14-8-12(3)11(2)7-13(14)19(9-16(20)22)15(21)5-6-17(23)24/h7-8H,4-6,9-10H2,1-3H3,(H,23,24). The van der Waals surface area contributed by atoms with Crippen LogP contribution < -0.4 is 9.80 Å². The number of carboxylic acids is 1. The molecule has 1 aromatic rings. The van der Waals surface area contributed by atoms with E-state index >= 15 is 0 Å². The van der Waals surface area contributed by atoms with Crippen LogP contribution in [0.4, 0.5) is 11.4 Å². The minimum absolute atomic E-state index is 0.202. The maximum Gasteiger partial charge on any atom is 0.326 e. The molecule has 140 valence electrons. The fraction of sp³-hybridized carbons (Fsp3) is 0.444. The Hall–Kier alpha value is -2.90. The van der Waals surface area contributed by atoms with Crippen LogP contribution in [0.3, 0.4) is 0 Å². The van der Waals surface area contributed by atoms with Crippen LogP contribution >= 0.6 is 0 Å². The number of aliphatic carboxylic acids is 1. The van der Waals surface area contributed by atoms with Crippen molar-refractivity contribution in [2.45, 2.75) is 33.6 Å². The van der Waals surface area contributed by atoms with Gasteiger partial charge in [-0.05, 0) is 44.0 Å². The van der Waals surface area contributed by atoms with E-state index in [1.807, 2.05) is 13.8 Å². The van der Waals surface area contributed by atoms with E-state index < -0.39 is 23.8 Å². The molecule has 0 unspecified atom stereocenters. The first-order valence-electron chi connectivity index (χ1n) is 8.34. The van der Waals surface area contributed by atoms with Crippen LogP contribution in [0.1, 0.15) is 30.9 Å². The number of hydrogen-bond donors (Lipinski definition) is 1. The lowest BCUT2D eigenvalue weighted by Gasteiger charge is -2.36. The van der Waals surface area contributed by atoms with Gasteiger partial charge in [-0.25, -0.2) is 0 Å². The number of fused-ring (bicyclic) bond motifs is 1. The van der Waals surface area contributed by atoms with Gasteiger partial charge in [-0.15, -0.1) is 0 Å². The molecule has 0 fully saturated rings. The molecule has 0 radical (unpaired) electrons. The predicted molar refractivity (Wildman–Crippen MR) is 94.1 cm³/mol. The van der Waals surface area contributed by atoms with Gasteiger partial charge in [-0.2, -0.15) is 0 Å². The number of benzene rings is 1. The van der Waals surface area contributed by atoms with Crippen LogP contribution in [0.25, 0.3) is 0 Å². The van der Waals surface area contributed by atoms with Crippen molar-refractivity contribution in [2.24, 2.45) is 0 Å². The Labute approximate surface area is 151 Å². The van der Waals surface area contributed by atoms with Gasteiger partial charge < -0.3 is 14.7 Å². The number of nitrogens with zero attached hydrogens (tertiary/aromatic N) is 2. The Balaban J connectivity index is 2.40. The number of esters is 1. The SMILES string of the molecule is CCOC(=O)CN1C(=O)CN(C(=O)CCC(=O)O)c2cc(C)c(C)cc21. The Morgan fingerprint density at radius 3 is 2.31 bits per heavy atom. The molecule has 1 aromatic carbocycles. The summed E-state index contributed by atoms with van der Waals surface area (Å²) in [5.41, 5.74) is 2.77. The molecule has 0 saturated heterocycles. The minimum atomic E-state index is -1.08. The Morgan fingerprint density at radius 1 is 1.12 bits per heavy atom. The highest BCUT2D eigenvalue weighted by molar-refractivity contribution is 6.12. The summed E-state index contributed by atoms with van der Waals surface area (Å²) in [5.74, 6) is -2.47. The molecule has 0 aromatic heterocycles. The molecule has 1 N–H and O–H groups in total. The second-order valence-electron chi connectivity index (χ2n) is 6.08. The first-order valence-corrected chi connectivity index (χ1v) is 8.34. The number of hydrogen-bond acceptors (Lipinski definition) is 5. The van der Waals surface area contributed by atoms with Crippen molar-refractivity contribution in [3.05, 3.63) is 23.3 Å². The number of rotatable bonds is 6. The zero-order chi connectivity index (χ0) is 19.4. The van der Waals surface area contributed by atoms with Crippen molar-refractivity contribution >= 4 is 35.1 Å². The number of anilines is 2. The molecule has 0 saturated carbocycles. The summed E-state index contributed by atoms with van der Waals surface area (Å²) in [6.07, 6.45) is -0.511. The second kappa shape index (κ2) is 7.99. The Morgan fingerprint density at radius 2 is 1.73 bits per heavy atom. The van der Waals surface area contributed by atoms with Gasteiger partial charge in [0.05, 0.1) is 24.4 Å². The summed E-state index contributed by atoms with van der Waals surface area (Å²) in [7, 11) is 0. The van der Waals surface area contributed by atoms with E-state index in [0.717, 1.165) is 11.1 Å². The summed E-state index contributed by atoms with van der Waals surface area (Å²) in [4.78, 5) is 50.2. The summed E-state index contributed by atoms with van der Waals surface area (Å²) in [5, 5.41) is 8.78. The smallest absolute Gasteiger partial charge is 0.326 e. The summed E-state index contributed by atoms with van der Waals surface area (Å²) in [6.45, 7) is 5.16. The van der Waals surface area contributed by atoms with E-state index in [-0.39, 0.29) is 32.5 Å². The van der Waals surface area contributed by atoms with Gasteiger partial charge >= 0.3 is 11.9 Å². The van der Waals surface area contributed by atoms with E-state index in [1.165, 1.54) is 9.80 Å². The molecule has 2 amide bonds. The number of amides is 2. The third kappa shape index (κ3) is 4.19. The molecule has 0 bridgehead atoms. The molecule has 8 heteroatoms. The average Bonchev–Trinajstić information content (AvgIpc) is 2.57. The summed E-state index contributed by atoms with van der Waals surface area (Å²) >= 11 is 0. The fourth-order valence-corrected chi connectivity index (χ4v) is 2.74. The molecule has 8 nitrogen and oxygen atoms in total. The summed E-state index contributed by atoms with van der Waals surface area (Å²) in [6, 6.07) is 3.52. The minimum Gasteiger partial charge on any atom is -0.481 e. The van der Waals surface area contributed by atoms with Crippen LogP contribution in [-0.4, -0.2) is 48.6 Å². The molecule has 0 atom stereocenters. The van der Waals surface area contributed by atoms with Crippen LogP contribution in [0.5, 0.6) is 0 Å². The van der Waals surface area contributed by atoms with E-state index in [9.17, 15) is 19.2 Å². The van der Waals surface area contributed by atoms with Crippen molar-refractivity contribution in [1.82, 2.24) is 0 Å². The molecule has 26 heavy (non-hydrogen) atoms. The fourth-order valence-electron chi connectivity index (χ4n) is 2.74. The highest BCUT2D eigenvalue weighted by atomic mass is 16.5. The average molecular weight is 362 g/mol. The predicted octanol–water partition coefficient (Wildman–Crippen LogP) is 1.41. The van der Waals surface area contributed by atoms with Gasteiger partial charge in [-0.3, -0.25) is 24.1 Å². The van der Waals surface area contributed by atoms with E-state index in [1.54, 1.807) is 19.1 Å². The van der Waals surface area contributed by atoms with E-state index in [2.05, 4.69) is 0 Å². The van der Waals surface area contributed by atoms with Gasteiger partial charge in [0, 0.05) is 6.42 Å². The Kier molecular flexibility index (Phi) is 5.97. The Bertz CT molecular complexity index is 758. The third-order valence-electron chi connectivity index (χ3n) is 4.21. The normalized spacial score (nSPS) is 13.4. The van der Waals surface area contributed by atoms with Gasteiger partial charge in [-0.1, -0.05) is 0 Å². The molecule has 1 aliphatic rings. The van der Waals surface area contributed by atoms with Crippen molar-refractivity contribution < 1.29 is 29.0 Å². The second-order valence-corrected chi connectivity index (χ2v) is 6.08. The van der Waals surface area contributed by atoms with E-state index in [4.69, 9.17) is 9.84 Å². The molecular formula is C18H22N2O6. The zero-order valence-corrected chi connectivity index (χ0v) is 15.1. The first-order chi connectivity index (χ1) is 12.2. The molecule has 1 aliphatic heterocycles. The van der Waals surface area contributed by atoms with Crippen molar-refractivity contribution in [2.75, 3.05) is 29.5 Å². The number of aryl methyl sites for hydroxylation is 2. The topological polar surface area (TPSA) is 104 Å². The first kappa shape index (κ1) is 19.4. The highest BCUT2D eigenvalue weighted by Crippen LogP contribution is 2.36. The third-order valence-corrected chi connectivity index (χ3v) is 4.21. The quantitative estimate of drug-likeness (QED) is 0.767. The molecule has 0 aliphatic carbocycles. The van der Waals surface area contributed by atoms with Crippen molar-refractivity contribution in [1.29, 1.82) is 0 Å². The maximum absolute atomic E-state index is 12.6. The van der Waals surface area contributed by atoms with Crippen LogP contribution in [0, 0.1) is 13.8 Å². The largest absolute Gasteiger partial charge is 0.481 e. The molecular weight excluding hydrogens is 340 g/mol. The van der Waals surface area contributed by atoms with Crippen molar-refractivity contribution in [3.63, 3.8) is 0 Å². The van der Waals surface area contributed by atoms with Crippen LogP contribution in [-0.2, 0) is 23.9 Å². The maximum atomic E-state index is 12.6. The lowest BCUT2D eigenvalue weighted by molar-refractivity contribution is -0.142. The number of ether oxygens (including phenoxy) is 1. The lowest BCUT2D eigenvalue weighted by Crippen LogP contribution is -2.50. The van der Waals surface area contributed by atoms with Gasteiger partial charge in [0.15, 0.2) is 0 Å². The monoisotopic (exact) mass is 362 g/mol. The van der Waals surface area contributed by atoms with Gasteiger partial charge in [0.2, 0.25) is 11.8 Å². The molecule has 2 rings (SSSR count). The van der Waals surface area contributed by atoms with E-state index in [0.29, 0.717) is 11.4 Å². The molecule has 0 spiro atoms. The van der Waals surface area contributed by atoms with Crippen molar-refractivity contribution in [3.8, 4) is 0 Å². The zero-order valence-electron chi connectivity index (χ0n) is 15.1. The molecule has 1 heterocycles. The number of carboxylic acid groups (broad SMARTS) is 1. The van der Waals surface area contributed by atoms with Gasteiger partial charge in [0.25, 0.3) is 0 Å². The van der Waals surface area contributed by atoms with Crippen LogP contribution in [0.2, 0.25) is 0 Å². The number of carbonyl (C=O) groups is 4. The lowest BCUT2D eigenvalue weighted by atomic mass is 10.0. The van der Waals surface area contributed by atoms with Crippen LogP contribution in [0.15, 0.2) is 12.1 Å². The highest BCUT2D eigenvalue weighted by Gasteiger charge is 2.34.